The molecule has 0 atom stereocenters. The zero-order valence-corrected chi connectivity index (χ0v) is 7.74. The van der Waals surface area contributed by atoms with Gasteiger partial charge in [-0.15, -0.1) is 0 Å². The molecule has 2 nitrogen and oxygen atoms in total. The summed E-state index contributed by atoms with van der Waals surface area (Å²) >= 11 is 5.76. The minimum atomic E-state index is 0.461. The van der Waals surface area contributed by atoms with Gasteiger partial charge in [-0.25, -0.2) is 4.98 Å². The Kier molecular flexibility index (Phi) is 1.58. The van der Waals surface area contributed by atoms with Gasteiger partial charge in [0.2, 0.25) is 5.28 Å². The topological polar surface area (TPSA) is 28.7 Å². The van der Waals surface area contributed by atoms with Gasteiger partial charge in [0.05, 0.1) is 11.0 Å². The van der Waals surface area contributed by atoms with Gasteiger partial charge in [-0.3, -0.25) is 0 Å². The largest absolute Gasteiger partial charge is 0.328 e. The van der Waals surface area contributed by atoms with E-state index >= 15 is 0 Å². The summed E-state index contributed by atoms with van der Waals surface area (Å²) in [5, 5.41) is 0.461. The summed E-state index contributed by atoms with van der Waals surface area (Å²) in [7, 11) is 0. The van der Waals surface area contributed by atoms with Crippen molar-refractivity contribution in [1.29, 1.82) is 0 Å². The Labute approximate surface area is 75.6 Å². The van der Waals surface area contributed by atoms with E-state index in [0.717, 1.165) is 16.6 Å². The van der Waals surface area contributed by atoms with Crippen molar-refractivity contribution >= 4 is 22.6 Å². The van der Waals surface area contributed by atoms with Crippen molar-refractivity contribution in [3.8, 4) is 0 Å². The molecular weight excluding hydrogens is 172 g/mol. The van der Waals surface area contributed by atoms with Crippen molar-refractivity contribution < 1.29 is 0 Å². The van der Waals surface area contributed by atoms with Gasteiger partial charge in [-0.2, -0.15) is 0 Å². The predicted molar refractivity (Wildman–Crippen MR) is 50.6 cm³/mol. The third kappa shape index (κ3) is 0.994. The SMILES string of the molecule is Cc1ccc(C)c2[nH]c(Cl)nc12. The first-order chi connectivity index (χ1) is 5.68. The zero-order chi connectivity index (χ0) is 8.72. The molecule has 1 N–H and O–H groups in total. The van der Waals surface area contributed by atoms with E-state index in [1.54, 1.807) is 0 Å². The molecule has 0 bridgehead atoms. The highest BCUT2D eigenvalue weighted by molar-refractivity contribution is 6.29. The summed E-state index contributed by atoms with van der Waals surface area (Å²) in [6, 6.07) is 4.11. The van der Waals surface area contributed by atoms with Gasteiger partial charge in [0.15, 0.2) is 0 Å². The molecule has 0 spiro atoms. The molecule has 0 aliphatic heterocycles. The summed E-state index contributed by atoms with van der Waals surface area (Å²) in [5.74, 6) is 0. The maximum atomic E-state index is 5.76. The van der Waals surface area contributed by atoms with E-state index in [0.29, 0.717) is 5.28 Å². The normalized spacial score (nSPS) is 10.9. The lowest BCUT2D eigenvalue weighted by atomic mass is 10.1. The zero-order valence-electron chi connectivity index (χ0n) is 6.98. The molecule has 62 valence electrons. The highest BCUT2D eigenvalue weighted by atomic mass is 35.5. The third-order valence-electron chi connectivity index (χ3n) is 2.03. The van der Waals surface area contributed by atoms with E-state index in [-0.39, 0.29) is 0 Å². The Balaban J connectivity index is 2.93. The molecule has 0 amide bonds. The van der Waals surface area contributed by atoms with Crippen LogP contribution in [0.15, 0.2) is 12.1 Å². The number of nitrogens with zero attached hydrogens (tertiary/aromatic N) is 1. The molecule has 1 heterocycles. The van der Waals surface area contributed by atoms with E-state index in [4.69, 9.17) is 11.6 Å². The second-order valence-corrected chi connectivity index (χ2v) is 3.31. The number of fused-ring (bicyclic) bond motifs is 1. The number of nitrogens with one attached hydrogen (secondary N) is 1. The van der Waals surface area contributed by atoms with Crippen LogP contribution >= 0.6 is 11.6 Å². The molecule has 2 aromatic rings. The van der Waals surface area contributed by atoms with Gasteiger partial charge in [-0.05, 0) is 36.6 Å². The number of aryl methyl sites for hydroxylation is 2. The van der Waals surface area contributed by atoms with Gasteiger partial charge in [0, 0.05) is 0 Å². The maximum Gasteiger partial charge on any atom is 0.201 e. The van der Waals surface area contributed by atoms with Crippen molar-refractivity contribution in [2.45, 2.75) is 13.8 Å². The monoisotopic (exact) mass is 180 g/mol. The number of aromatic nitrogens is 2. The van der Waals surface area contributed by atoms with Crippen LogP contribution in [-0.4, -0.2) is 9.97 Å². The van der Waals surface area contributed by atoms with Crippen LogP contribution in [0.5, 0.6) is 0 Å². The van der Waals surface area contributed by atoms with Crippen molar-refractivity contribution in [3.05, 3.63) is 28.5 Å². The first kappa shape index (κ1) is 7.62. The summed E-state index contributed by atoms with van der Waals surface area (Å²) in [5.41, 5.74) is 4.34. The van der Waals surface area contributed by atoms with Crippen LogP contribution in [0.4, 0.5) is 0 Å². The number of hydrogen-bond donors (Lipinski definition) is 1. The third-order valence-corrected chi connectivity index (χ3v) is 2.21. The number of H-pyrrole nitrogens is 1. The van der Waals surface area contributed by atoms with Crippen LogP contribution in [-0.2, 0) is 0 Å². The summed E-state index contributed by atoms with van der Waals surface area (Å²) in [6.07, 6.45) is 0. The average molecular weight is 181 g/mol. The van der Waals surface area contributed by atoms with Gasteiger partial charge in [0.25, 0.3) is 0 Å². The molecule has 0 radical (unpaired) electrons. The number of benzene rings is 1. The van der Waals surface area contributed by atoms with Gasteiger partial charge >= 0.3 is 0 Å². The Morgan fingerprint density at radius 2 is 1.92 bits per heavy atom. The fraction of sp³-hybridized carbons (Fsp3) is 0.222. The second-order valence-electron chi connectivity index (χ2n) is 2.95. The molecule has 12 heavy (non-hydrogen) atoms. The van der Waals surface area contributed by atoms with Gasteiger partial charge < -0.3 is 4.98 Å². The molecule has 0 fully saturated rings. The van der Waals surface area contributed by atoms with Crippen LogP contribution in [0.1, 0.15) is 11.1 Å². The van der Waals surface area contributed by atoms with E-state index in [1.165, 1.54) is 5.56 Å². The fourth-order valence-electron chi connectivity index (χ4n) is 1.33. The summed E-state index contributed by atoms with van der Waals surface area (Å²) < 4.78 is 0. The minimum absolute atomic E-state index is 0.461. The van der Waals surface area contributed by atoms with Crippen molar-refractivity contribution in [2.75, 3.05) is 0 Å². The molecule has 1 aromatic carbocycles. The van der Waals surface area contributed by atoms with Crippen molar-refractivity contribution in [2.24, 2.45) is 0 Å². The smallest absolute Gasteiger partial charge is 0.201 e. The van der Waals surface area contributed by atoms with E-state index in [1.807, 2.05) is 13.8 Å². The predicted octanol–water partition coefficient (Wildman–Crippen LogP) is 2.83. The quantitative estimate of drug-likeness (QED) is 0.664. The maximum absolute atomic E-state index is 5.76. The number of halogens is 1. The summed E-state index contributed by atoms with van der Waals surface area (Å²) in [4.78, 5) is 7.21. The molecule has 0 saturated heterocycles. The van der Waals surface area contributed by atoms with Crippen LogP contribution in [0.3, 0.4) is 0 Å². The highest BCUT2D eigenvalue weighted by Crippen LogP contribution is 2.21. The van der Waals surface area contributed by atoms with E-state index in [9.17, 15) is 0 Å². The molecular formula is C9H9ClN2. The number of aromatic amines is 1. The molecule has 0 aliphatic carbocycles. The lowest BCUT2D eigenvalue weighted by Crippen LogP contribution is -1.79. The Hall–Kier alpha value is -1.02. The van der Waals surface area contributed by atoms with Gasteiger partial charge in [0.1, 0.15) is 0 Å². The molecule has 0 aliphatic rings. The number of imidazole rings is 1. The first-order valence-corrected chi connectivity index (χ1v) is 4.17. The standard InChI is InChI=1S/C9H9ClN2/c1-5-3-4-6(2)8-7(5)11-9(10)12-8/h3-4H,1-2H3,(H,11,12). The van der Waals surface area contributed by atoms with Crippen LogP contribution in [0.2, 0.25) is 5.28 Å². The van der Waals surface area contributed by atoms with E-state index in [2.05, 4.69) is 22.1 Å². The summed E-state index contributed by atoms with van der Waals surface area (Å²) in [6.45, 7) is 4.06. The van der Waals surface area contributed by atoms with Crippen LogP contribution < -0.4 is 0 Å². The van der Waals surface area contributed by atoms with Crippen molar-refractivity contribution in [3.63, 3.8) is 0 Å². The van der Waals surface area contributed by atoms with Gasteiger partial charge in [-0.1, -0.05) is 12.1 Å². The lowest BCUT2D eigenvalue weighted by Gasteiger charge is -1.96. The Bertz CT molecular complexity index is 392. The first-order valence-electron chi connectivity index (χ1n) is 3.80. The lowest BCUT2D eigenvalue weighted by molar-refractivity contribution is 1.33. The van der Waals surface area contributed by atoms with Crippen LogP contribution in [0, 0.1) is 13.8 Å². The Morgan fingerprint density at radius 3 is 2.58 bits per heavy atom. The fourth-order valence-corrected chi connectivity index (χ4v) is 1.51. The minimum Gasteiger partial charge on any atom is -0.328 e. The molecule has 0 saturated carbocycles. The van der Waals surface area contributed by atoms with E-state index < -0.39 is 0 Å². The number of hydrogen-bond acceptors (Lipinski definition) is 1. The Morgan fingerprint density at radius 1 is 1.25 bits per heavy atom. The molecule has 2 rings (SSSR count). The average Bonchev–Trinajstić information content (AvgIpc) is 2.41. The van der Waals surface area contributed by atoms with Crippen molar-refractivity contribution in [1.82, 2.24) is 9.97 Å². The molecule has 3 heteroatoms. The second kappa shape index (κ2) is 2.49. The van der Waals surface area contributed by atoms with Crippen LogP contribution in [0.25, 0.3) is 11.0 Å². The molecule has 1 aromatic heterocycles. The number of rotatable bonds is 0. The highest BCUT2D eigenvalue weighted by Gasteiger charge is 2.04. The molecule has 0 unspecified atom stereocenters.